The molecule has 1 aliphatic carbocycles. The summed E-state index contributed by atoms with van der Waals surface area (Å²) in [4.78, 5) is 10.9. The lowest BCUT2D eigenvalue weighted by Crippen LogP contribution is -2.20. The molecule has 2 aromatic rings. The average molecular weight is 212 g/mol. The van der Waals surface area contributed by atoms with Crippen LogP contribution in [0.1, 0.15) is 24.3 Å². The molecule has 80 valence electrons. The van der Waals surface area contributed by atoms with E-state index in [1.807, 2.05) is 47.4 Å². The Kier molecular flexibility index (Phi) is 2.10. The zero-order chi connectivity index (χ0) is 11.0. The SMILES string of the molecule is O=C1CC(c2cnn(-c3ccccc3)c2)C1. The van der Waals surface area contributed by atoms with Gasteiger partial charge in [-0.15, -0.1) is 0 Å². The van der Waals surface area contributed by atoms with E-state index in [1.54, 1.807) is 0 Å². The minimum Gasteiger partial charge on any atom is -0.300 e. The van der Waals surface area contributed by atoms with Crippen LogP contribution in [0.2, 0.25) is 0 Å². The number of rotatable bonds is 2. The molecule has 1 aliphatic rings. The number of Topliss-reactive ketones (excluding diaryl/α,β-unsaturated/α-hetero) is 1. The lowest BCUT2D eigenvalue weighted by atomic mass is 9.80. The molecule has 3 nitrogen and oxygen atoms in total. The van der Waals surface area contributed by atoms with E-state index in [-0.39, 0.29) is 0 Å². The van der Waals surface area contributed by atoms with E-state index in [1.165, 1.54) is 5.56 Å². The lowest BCUT2D eigenvalue weighted by molar-refractivity contribution is -0.124. The first-order valence-electron chi connectivity index (χ1n) is 5.44. The van der Waals surface area contributed by atoms with Crippen molar-refractivity contribution in [3.05, 3.63) is 48.3 Å². The van der Waals surface area contributed by atoms with Crippen LogP contribution in [0, 0.1) is 0 Å². The highest BCUT2D eigenvalue weighted by Crippen LogP contribution is 2.33. The van der Waals surface area contributed by atoms with Gasteiger partial charge in [0.2, 0.25) is 0 Å². The molecular formula is C13H12N2O. The van der Waals surface area contributed by atoms with Crippen molar-refractivity contribution in [2.75, 3.05) is 0 Å². The minimum atomic E-state index is 0.359. The van der Waals surface area contributed by atoms with Crippen LogP contribution in [-0.4, -0.2) is 15.6 Å². The average Bonchev–Trinajstić information content (AvgIpc) is 2.75. The molecule has 0 radical (unpaired) electrons. The molecule has 0 aliphatic heterocycles. The third kappa shape index (κ3) is 1.54. The number of carbonyl (C=O) groups is 1. The van der Waals surface area contributed by atoms with Crippen molar-refractivity contribution >= 4 is 5.78 Å². The Labute approximate surface area is 93.7 Å². The third-order valence-corrected chi connectivity index (χ3v) is 3.04. The van der Waals surface area contributed by atoms with Gasteiger partial charge in [0.1, 0.15) is 5.78 Å². The van der Waals surface area contributed by atoms with Gasteiger partial charge in [-0.05, 0) is 17.7 Å². The second-order valence-electron chi connectivity index (χ2n) is 4.20. The first-order valence-corrected chi connectivity index (χ1v) is 5.44. The van der Waals surface area contributed by atoms with Crippen molar-refractivity contribution in [1.82, 2.24) is 9.78 Å². The summed E-state index contributed by atoms with van der Waals surface area (Å²) in [5, 5.41) is 4.32. The monoisotopic (exact) mass is 212 g/mol. The fourth-order valence-corrected chi connectivity index (χ4v) is 2.00. The van der Waals surface area contributed by atoms with Crippen molar-refractivity contribution in [3.63, 3.8) is 0 Å². The summed E-state index contributed by atoms with van der Waals surface area (Å²) in [5.74, 6) is 0.752. The maximum absolute atomic E-state index is 10.9. The van der Waals surface area contributed by atoms with E-state index in [0.717, 1.165) is 5.69 Å². The number of benzene rings is 1. The molecule has 1 aromatic carbocycles. The normalized spacial score (nSPS) is 16.1. The molecule has 1 heterocycles. The van der Waals surface area contributed by atoms with Crippen molar-refractivity contribution in [1.29, 1.82) is 0 Å². The minimum absolute atomic E-state index is 0.359. The Morgan fingerprint density at radius 2 is 1.94 bits per heavy atom. The van der Waals surface area contributed by atoms with Crippen LogP contribution < -0.4 is 0 Å². The van der Waals surface area contributed by atoms with Crippen molar-refractivity contribution in [2.45, 2.75) is 18.8 Å². The van der Waals surface area contributed by atoms with E-state index >= 15 is 0 Å². The molecule has 1 aromatic heterocycles. The van der Waals surface area contributed by atoms with Crippen LogP contribution in [0.25, 0.3) is 5.69 Å². The highest BCUT2D eigenvalue weighted by molar-refractivity contribution is 5.86. The molecule has 0 atom stereocenters. The van der Waals surface area contributed by atoms with Gasteiger partial charge in [0.25, 0.3) is 0 Å². The van der Waals surface area contributed by atoms with Crippen LogP contribution >= 0.6 is 0 Å². The number of aromatic nitrogens is 2. The molecule has 0 saturated heterocycles. The van der Waals surface area contributed by atoms with Gasteiger partial charge < -0.3 is 0 Å². The second kappa shape index (κ2) is 3.59. The summed E-state index contributed by atoms with van der Waals surface area (Å²) < 4.78 is 1.86. The molecule has 0 spiro atoms. The van der Waals surface area contributed by atoms with E-state index in [2.05, 4.69) is 5.10 Å². The quantitative estimate of drug-likeness (QED) is 0.765. The number of nitrogens with zero attached hydrogens (tertiary/aromatic N) is 2. The number of carbonyl (C=O) groups excluding carboxylic acids is 1. The van der Waals surface area contributed by atoms with Gasteiger partial charge in [0, 0.05) is 25.0 Å². The summed E-state index contributed by atoms with van der Waals surface area (Å²) in [7, 11) is 0. The molecule has 1 fully saturated rings. The maximum atomic E-state index is 10.9. The van der Waals surface area contributed by atoms with Crippen molar-refractivity contribution in [3.8, 4) is 5.69 Å². The summed E-state index contributed by atoms with van der Waals surface area (Å²) in [6.45, 7) is 0. The Balaban J connectivity index is 1.86. The number of ketones is 1. The van der Waals surface area contributed by atoms with Gasteiger partial charge >= 0.3 is 0 Å². The van der Waals surface area contributed by atoms with Crippen LogP contribution in [-0.2, 0) is 4.79 Å². The predicted octanol–water partition coefficient (Wildman–Crippen LogP) is 2.32. The van der Waals surface area contributed by atoms with Gasteiger partial charge in [-0.3, -0.25) is 4.79 Å². The van der Waals surface area contributed by atoms with Gasteiger partial charge in [-0.2, -0.15) is 5.10 Å². The Hall–Kier alpha value is -1.90. The first kappa shape index (κ1) is 9.33. The lowest BCUT2D eigenvalue weighted by Gasteiger charge is -2.22. The smallest absolute Gasteiger partial charge is 0.134 e. The molecular weight excluding hydrogens is 200 g/mol. The molecule has 1 saturated carbocycles. The molecule has 0 bridgehead atoms. The predicted molar refractivity (Wildman–Crippen MR) is 60.5 cm³/mol. The summed E-state index contributed by atoms with van der Waals surface area (Å²) in [5.41, 5.74) is 2.22. The topological polar surface area (TPSA) is 34.9 Å². The van der Waals surface area contributed by atoms with E-state index in [0.29, 0.717) is 24.5 Å². The molecule has 16 heavy (non-hydrogen) atoms. The standard InChI is InChI=1S/C13H12N2O/c16-13-6-10(7-13)11-8-14-15(9-11)12-4-2-1-3-5-12/h1-5,8-10H,6-7H2. The molecule has 3 heteroatoms. The van der Waals surface area contributed by atoms with Crippen LogP contribution in [0.15, 0.2) is 42.7 Å². The molecule has 0 unspecified atom stereocenters. The zero-order valence-electron chi connectivity index (χ0n) is 8.84. The highest BCUT2D eigenvalue weighted by atomic mass is 16.1. The maximum Gasteiger partial charge on any atom is 0.134 e. The van der Waals surface area contributed by atoms with Gasteiger partial charge in [-0.1, -0.05) is 18.2 Å². The number of hydrogen-bond acceptors (Lipinski definition) is 2. The van der Waals surface area contributed by atoms with Crippen molar-refractivity contribution in [2.24, 2.45) is 0 Å². The van der Waals surface area contributed by atoms with Gasteiger partial charge in [0.15, 0.2) is 0 Å². The van der Waals surface area contributed by atoms with Crippen LogP contribution in [0.5, 0.6) is 0 Å². The number of para-hydroxylation sites is 1. The van der Waals surface area contributed by atoms with Crippen LogP contribution in [0.3, 0.4) is 0 Å². The van der Waals surface area contributed by atoms with E-state index < -0.39 is 0 Å². The Morgan fingerprint density at radius 3 is 2.62 bits per heavy atom. The molecule has 3 rings (SSSR count). The summed E-state index contributed by atoms with van der Waals surface area (Å²) in [6, 6.07) is 10.00. The third-order valence-electron chi connectivity index (χ3n) is 3.04. The molecule has 0 N–H and O–H groups in total. The molecule has 0 amide bonds. The fourth-order valence-electron chi connectivity index (χ4n) is 2.00. The summed E-state index contributed by atoms with van der Waals surface area (Å²) in [6.07, 6.45) is 5.25. The fraction of sp³-hybridized carbons (Fsp3) is 0.231. The van der Waals surface area contributed by atoms with Gasteiger partial charge in [0.05, 0.1) is 11.9 Å². The van der Waals surface area contributed by atoms with Crippen molar-refractivity contribution < 1.29 is 4.79 Å². The first-order chi connectivity index (χ1) is 7.83. The highest BCUT2D eigenvalue weighted by Gasteiger charge is 2.28. The number of hydrogen-bond donors (Lipinski definition) is 0. The second-order valence-corrected chi connectivity index (χ2v) is 4.20. The van der Waals surface area contributed by atoms with Crippen LogP contribution in [0.4, 0.5) is 0 Å². The van der Waals surface area contributed by atoms with E-state index in [9.17, 15) is 4.79 Å². The summed E-state index contributed by atoms with van der Waals surface area (Å²) >= 11 is 0. The zero-order valence-corrected chi connectivity index (χ0v) is 8.84. The Morgan fingerprint density at radius 1 is 1.19 bits per heavy atom. The van der Waals surface area contributed by atoms with Gasteiger partial charge in [-0.25, -0.2) is 4.68 Å². The van der Waals surface area contributed by atoms with E-state index in [4.69, 9.17) is 0 Å². The largest absolute Gasteiger partial charge is 0.300 e. The Bertz CT molecular complexity index is 508.